The Bertz CT molecular complexity index is 938. The molecule has 2 aromatic rings. The fraction of sp³-hybridized carbons (Fsp3) is 0.381. The van der Waals surface area contributed by atoms with E-state index < -0.39 is 16.1 Å². The molecule has 1 atom stereocenters. The molecule has 1 saturated heterocycles. The molecule has 0 aromatic heterocycles. The molecule has 1 heterocycles. The number of hydrogen-bond donors (Lipinski definition) is 1. The standard InChI is InChI=1S/C21H26N2O5S/c1-3-20(28-18-6-4-5-16(2)15-18)21(24)22-17-7-9-19(10-8-17)29(25,26)23-11-13-27-14-12-23/h4-10,15,20H,3,11-14H2,1-2H3,(H,22,24). The molecule has 8 heteroatoms. The highest BCUT2D eigenvalue weighted by atomic mass is 32.2. The Morgan fingerprint density at radius 3 is 2.48 bits per heavy atom. The number of benzene rings is 2. The van der Waals surface area contributed by atoms with Crippen molar-refractivity contribution < 1.29 is 22.7 Å². The van der Waals surface area contributed by atoms with E-state index in [1.807, 2.05) is 38.1 Å². The van der Waals surface area contributed by atoms with E-state index in [1.54, 1.807) is 12.1 Å². The Morgan fingerprint density at radius 2 is 1.86 bits per heavy atom. The highest BCUT2D eigenvalue weighted by Gasteiger charge is 2.26. The largest absolute Gasteiger partial charge is 0.481 e. The molecule has 1 aliphatic heterocycles. The Balaban J connectivity index is 1.65. The smallest absolute Gasteiger partial charge is 0.265 e. The third-order valence-corrected chi connectivity index (χ3v) is 6.57. The molecule has 3 rings (SSSR count). The van der Waals surface area contributed by atoms with Crippen LogP contribution in [0.5, 0.6) is 5.75 Å². The molecule has 0 radical (unpaired) electrons. The van der Waals surface area contributed by atoms with Crippen molar-refractivity contribution in [2.75, 3.05) is 31.6 Å². The normalized spacial score (nSPS) is 16.2. The maximum Gasteiger partial charge on any atom is 0.265 e. The molecular weight excluding hydrogens is 392 g/mol. The number of amides is 1. The lowest BCUT2D eigenvalue weighted by molar-refractivity contribution is -0.122. The van der Waals surface area contributed by atoms with Gasteiger partial charge in [0.1, 0.15) is 5.75 Å². The van der Waals surface area contributed by atoms with Gasteiger partial charge in [-0.3, -0.25) is 4.79 Å². The van der Waals surface area contributed by atoms with Crippen molar-refractivity contribution in [2.45, 2.75) is 31.3 Å². The Hall–Kier alpha value is -2.42. The fourth-order valence-electron chi connectivity index (χ4n) is 3.04. The Morgan fingerprint density at radius 1 is 1.17 bits per heavy atom. The molecule has 1 unspecified atom stereocenters. The zero-order valence-corrected chi connectivity index (χ0v) is 17.4. The summed E-state index contributed by atoms with van der Waals surface area (Å²) in [5.74, 6) is 0.358. The lowest BCUT2D eigenvalue weighted by atomic mass is 10.2. The van der Waals surface area contributed by atoms with E-state index in [1.165, 1.54) is 16.4 Å². The van der Waals surface area contributed by atoms with Gasteiger partial charge in [-0.15, -0.1) is 0 Å². The number of carbonyl (C=O) groups is 1. The van der Waals surface area contributed by atoms with Crippen LogP contribution < -0.4 is 10.1 Å². The summed E-state index contributed by atoms with van der Waals surface area (Å²) in [6.07, 6.45) is -0.142. The SMILES string of the molecule is CCC(Oc1cccc(C)c1)C(=O)Nc1ccc(S(=O)(=O)N2CCOCC2)cc1. The van der Waals surface area contributed by atoms with E-state index in [9.17, 15) is 13.2 Å². The van der Waals surface area contributed by atoms with Gasteiger partial charge in [-0.2, -0.15) is 4.31 Å². The second kappa shape index (κ2) is 9.39. The van der Waals surface area contributed by atoms with Crippen LogP contribution in [-0.4, -0.2) is 51.0 Å². The van der Waals surface area contributed by atoms with Crippen LogP contribution in [0.25, 0.3) is 0 Å². The van der Waals surface area contributed by atoms with Crippen LogP contribution in [0.1, 0.15) is 18.9 Å². The van der Waals surface area contributed by atoms with Crippen molar-refractivity contribution in [3.63, 3.8) is 0 Å². The van der Waals surface area contributed by atoms with Gasteiger partial charge >= 0.3 is 0 Å². The minimum absolute atomic E-state index is 0.195. The molecule has 1 N–H and O–H groups in total. The van der Waals surface area contributed by atoms with Gasteiger partial charge < -0.3 is 14.8 Å². The first kappa shape index (κ1) is 21.3. The number of nitrogens with zero attached hydrogens (tertiary/aromatic N) is 1. The van der Waals surface area contributed by atoms with Crippen LogP contribution in [-0.2, 0) is 19.6 Å². The van der Waals surface area contributed by atoms with Crippen molar-refractivity contribution in [1.82, 2.24) is 4.31 Å². The molecule has 0 spiro atoms. The number of sulfonamides is 1. The van der Waals surface area contributed by atoms with Crippen LogP contribution in [0.15, 0.2) is 53.4 Å². The van der Waals surface area contributed by atoms with Crippen molar-refractivity contribution in [1.29, 1.82) is 0 Å². The zero-order valence-electron chi connectivity index (χ0n) is 16.6. The molecule has 0 aliphatic carbocycles. The molecule has 156 valence electrons. The van der Waals surface area contributed by atoms with Crippen molar-refractivity contribution in [3.8, 4) is 5.75 Å². The molecule has 1 fully saturated rings. The zero-order chi connectivity index (χ0) is 20.9. The predicted octanol–water partition coefficient (Wildman–Crippen LogP) is 2.81. The fourth-order valence-corrected chi connectivity index (χ4v) is 4.45. The lowest BCUT2D eigenvalue weighted by Gasteiger charge is -2.26. The summed E-state index contributed by atoms with van der Waals surface area (Å²) in [5.41, 5.74) is 1.57. The quantitative estimate of drug-likeness (QED) is 0.747. The average Bonchev–Trinajstić information content (AvgIpc) is 2.73. The summed E-state index contributed by atoms with van der Waals surface area (Å²) in [7, 11) is -3.56. The minimum atomic E-state index is -3.56. The van der Waals surface area contributed by atoms with Gasteiger partial charge in [-0.1, -0.05) is 19.1 Å². The van der Waals surface area contributed by atoms with E-state index in [2.05, 4.69) is 5.32 Å². The van der Waals surface area contributed by atoms with Crippen LogP contribution in [0.3, 0.4) is 0 Å². The van der Waals surface area contributed by atoms with Crippen LogP contribution >= 0.6 is 0 Å². The molecule has 1 amide bonds. The Labute approximate surface area is 171 Å². The number of rotatable bonds is 7. The number of hydrogen-bond acceptors (Lipinski definition) is 5. The summed E-state index contributed by atoms with van der Waals surface area (Å²) in [6.45, 7) is 5.31. The average molecular weight is 419 g/mol. The first-order valence-electron chi connectivity index (χ1n) is 9.62. The van der Waals surface area contributed by atoms with Crippen molar-refractivity contribution in [2.24, 2.45) is 0 Å². The second-order valence-corrected chi connectivity index (χ2v) is 8.80. The molecule has 29 heavy (non-hydrogen) atoms. The summed E-state index contributed by atoms with van der Waals surface area (Å²) in [6, 6.07) is 13.7. The van der Waals surface area contributed by atoms with E-state index in [4.69, 9.17) is 9.47 Å². The minimum Gasteiger partial charge on any atom is -0.481 e. The van der Waals surface area contributed by atoms with Crippen molar-refractivity contribution in [3.05, 3.63) is 54.1 Å². The number of carbonyl (C=O) groups excluding carboxylic acids is 1. The van der Waals surface area contributed by atoms with Crippen LogP contribution in [0.2, 0.25) is 0 Å². The van der Waals surface area contributed by atoms with Gasteiger partial charge in [0.05, 0.1) is 18.1 Å². The maximum absolute atomic E-state index is 12.7. The molecule has 0 bridgehead atoms. The summed E-state index contributed by atoms with van der Waals surface area (Å²) < 4.78 is 37.8. The first-order chi connectivity index (χ1) is 13.9. The maximum atomic E-state index is 12.7. The third-order valence-electron chi connectivity index (χ3n) is 4.66. The van der Waals surface area contributed by atoms with Gasteiger partial charge in [0.2, 0.25) is 10.0 Å². The van der Waals surface area contributed by atoms with Gasteiger partial charge in [0.25, 0.3) is 5.91 Å². The first-order valence-corrected chi connectivity index (χ1v) is 11.1. The number of morpholine rings is 1. The monoisotopic (exact) mass is 418 g/mol. The number of nitrogens with one attached hydrogen (secondary N) is 1. The summed E-state index contributed by atoms with van der Waals surface area (Å²) >= 11 is 0. The number of aryl methyl sites for hydroxylation is 1. The van der Waals surface area contributed by atoms with E-state index in [0.29, 0.717) is 44.2 Å². The van der Waals surface area contributed by atoms with Crippen LogP contribution in [0, 0.1) is 6.92 Å². The molecule has 7 nitrogen and oxygen atoms in total. The van der Waals surface area contributed by atoms with Crippen LogP contribution in [0.4, 0.5) is 5.69 Å². The second-order valence-electron chi connectivity index (χ2n) is 6.86. The number of ether oxygens (including phenoxy) is 2. The topological polar surface area (TPSA) is 84.9 Å². The Kier molecular flexibility index (Phi) is 6.89. The summed E-state index contributed by atoms with van der Waals surface area (Å²) in [4.78, 5) is 12.8. The lowest BCUT2D eigenvalue weighted by Crippen LogP contribution is -2.40. The van der Waals surface area contributed by atoms with Gasteiger partial charge in [-0.25, -0.2) is 8.42 Å². The van der Waals surface area contributed by atoms with Gasteiger partial charge in [-0.05, 0) is 55.3 Å². The van der Waals surface area contributed by atoms with E-state index in [-0.39, 0.29) is 10.8 Å². The predicted molar refractivity (Wildman–Crippen MR) is 111 cm³/mol. The molecular formula is C21H26N2O5S. The summed E-state index contributed by atoms with van der Waals surface area (Å²) in [5, 5.41) is 2.79. The molecule has 2 aromatic carbocycles. The van der Waals surface area contributed by atoms with Gasteiger partial charge in [0, 0.05) is 18.8 Å². The third kappa shape index (κ3) is 5.35. The molecule has 0 saturated carbocycles. The van der Waals surface area contributed by atoms with Gasteiger partial charge in [0.15, 0.2) is 6.10 Å². The van der Waals surface area contributed by atoms with Crippen molar-refractivity contribution >= 4 is 21.6 Å². The molecule has 1 aliphatic rings. The van der Waals surface area contributed by atoms with E-state index >= 15 is 0 Å². The highest BCUT2D eigenvalue weighted by molar-refractivity contribution is 7.89. The number of anilines is 1. The van der Waals surface area contributed by atoms with E-state index in [0.717, 1.165) is 5.56 Å². The highest BCUT2D eigenvalue weighted by Crippen LogP contribution is 2.20.